The van der Waals surface area contributed by atoms with E-state index >= 15 is 0 Å². The average Bonchev–Trinajstić information content (AvgIpc) is 2.69. The number of fused-ring (bicyclic) bond motifs is 2. The van der Waals surface area contributed by atoms with Gasteiger partial charge in [0.05, 0.1) is 18.1 Å². The van der Waals surface area contributed by atoms with Crippen LogP contribution in [0.3, 0.4) is 0 Å². The van der Waals surface area contributed by atoms with Gasteiger partial charge in [0.2, 0.25) is 0 Å². The number of esters is 1. The lowest BCUT2D eigenvalue weighted by atomic mass is 10.1. The molecule has 3 rings (SSSR count). The van der Waals surface area contributed by atoms with Gasteiger partial charge in [-0.2, -0.15) is 4.98 Å². The van der Waals surface area contributed by atoms with E-state index in [0.717, 1.165) is 42.5 Å². The normalized spacial score (nSPS) is 11.2. The summed E-state index contributed by atoms with van der Waals surface area (Å²) < 4.78 is 6.56. The van der Waals surface area contributed by atoms with Crippen LogP contribution in [0.2, 0.25) is 0 Å². The molecule has 1 N–H and O–H groups in total. The Labute approximate surface area is 174 Å². The van der Waals surface area contributed by atoms with E-state index in [0.29, 0.717) is 24.3 Å². The van der Waals surface area contributed by atoms with Gasteiger partial charge in [0.1, 0.15) is 0 Å². The molecule has 0 aromatic heterocycles. The van der Waals surface area contributed by atoms with E-state index in [1.165, 1.54) is 7.11 Å². The van der Waals surface area contributed by atoms with Gasteiger partial charge in [-0.3, -0.25) is 14.6 Å². The van der Waals surface area contributed by atoms with Gasteiger partial charge in [-0.1, -0.05) is 12.8 Å². The van der Waals surface area contributed by atoms with Crippen molar-refractivity contribution in [1.29, 1.82) is 0 Å². The van der Waals surface area contributed by atoms with Crippen molar-refractivity contribution in [3.63, 3.8) is 0 Å². The van der Waals surface area contributed by atoms with E-state index in [1.807, 2.05) is 42.6 Å². The van der Waals surface area contributed by atoms with Crippen LogP contribution in [0.25, 0.3) is 22.6 Å². The van der Waals surface area contributed by atoms with Gasteiger partial charge in [-0.05, 0) is 37.5 Å². The number of aromatic amines is 1. The molecule has 0 spiro atoms. The van der Waals surface area contributed by atoms with Gasteiger partial charge >= 0.3 is 11.7 Å². The van der Waals surface area contributed by atoms with Crippen molar-refractivity contribution in [2.45, 2.75) is 45.6 Å². The number of H-pyrrole nitrogens is 1. The number of hydrogen-bond acceptors (Lipinski definition) is 7. The van der Waals surface area contributed by atoms with E-state index in [4.69, 9.17) is 0 Å². The van der Waals surface area contributed by atoms with Crippen LogP contribution in [-0.4, -0.2) is 46.7 Å². The number of carbonyl (C=O) groups excluding carboxylic acids is 1. The van der Waals surface area contributed by atoms with Gasteiger partial charge in [0.25, 0.3) is 5.56 Å². The predicted octanol–water partition coefficient (Wildman–Crippen LogP) is 2.08. The SMILES string of the molecule is COC(=O)CCCCCCn1c2nc(=O)[nH]c(=O)c-2nc2cc(C)c(N(C)C)cc21. The quantitative estimate of drug-likeness (QED) is 0.342. The second kappa shape index (κ2) is 9.06. The summed E-state index contributed by atoms with van der Waals surface area (Å²) in [6, 6.07) is 3.96. The number of nitrogens with one attached hydrogen (secondary N) is 1. The summed E-state index contributed by atoms with van der Waals surface area (Å²) in [4.78, 5) is 48.2. The minimum Gasteiger partial charge on any atom is -0.469 e. The van der Waals surface area contributed by atoms with E-state index in [9.17, 15) is 14.4 Å². The van der Waals surface area contributed by atoms with E-state index in [1.54, 1.807) is 0 Å². The van der Waals surface area contributed by atoms with E-state index < -0.39 is 11.2 Å². The second-order valence-electron chi connectivity index (χ2n) is 7.57. The maximum atomic E-state index is 12.3. The molecule has 30 heavy (non-hydrogen) atoms. The third-order valence-corrected chi connectivity index (χ3v) is 5.15. The first kappa shape index (κ1) is 21.5. The Hall–Kier alpha value is -3.23. The number of anilines is 1. The van der Waals surface area contributed by atoms with Crippen molar-refractivity contribution >= 4 is 22.7 Å². The first-order chi connectivity index (χ1) is 14.3. The summed E-state index contributed by atoms with van der Waals surface area (Å²) in [5, 5.41) is 0. The molecule has 1 aromatic rings. The third kappa shape index (κ3) is 4.50. The molecule has 9 heteroatoms. The molecule has 2 heterocycles. The van der Waals surface area contributed by atoms with Gasteiger partial charge in [0.15, 0.2) is 11.5 Å². The van der Waals surface area contributed by atoms with Gasteiger partial charge in [0, 0.05) is 32.7 Å². The average molecular weight is 413 g/mol. The molecular weight excluding hydrogens is 386 g/mol. The van der Waals surface area contributed by atoms with Crippen LogP contribution in [0.5, 0.6) is 0 Å². The topological polar surface area (TPSA) is 110 Å². The smallest absolute Gasteiger partial charge is 0.349 e. The van der Waals surface area contributed by atoms with Crippen molar-refractivity contribution < 1.29 is 9.53 Å². The highest BCUT2D eigenvalue weighted by Gasteiger charge is 2.19. The summed E-state index contributed by atoms with van der Waals surface area (Å²) in [6.07, 6.45) is 3.77. The number of hydrogen-bond donors (Lipinski definition) is 1. The first-order valence-corrected chi connectivity index (χ1v) is 10.0. The minimum atomic E-state index is -0.680. The number of ether oxygens (including phenoxy) is 1. The molecule has 9 nitrogen and oxygen atoms in total. The van der Waals surface area contributed by atoms with Crippen molar-refractivity contribution in [2.24, 2.45) is 0 Å². The molecule has 0 unspecified atom stereocenters. The van der Waals surface area contributed by atoms with Crippen LogP contribution >= 0.6 is 0 Å². The summed E-state index contributed by atoms with van der Waals surface area (Å²) in [7, 11) is 5.32. The molecule has 1 aromatic carbocycles. The fourth-order valence-corrected chi connectivity index (χ4v) is 3.64. The zero-order valence-electron chi connectivity index (χ0n) is 17.8. The molecule has 0 atom stereocenters. The number of methoxy groups -OCH3 is 1. The Balaban J connectivity index is 1.98. The largest absolute Gasteiger partial charge is 0.469 e. The van der Waals surface area contributed by atoms with Gasteiger partial charge < -0.3 is 14.2 Å². The standard InChI is InChI=1S/C21H27N5O4/c1-13-11-14-16(12-15(13)25(2)3)26(10-8-6-5-7-9-17(27)30-4)19-18(22-14)20(28)24-21(29)23-19/h11-12H,5-10H2,1-4H3,(H,24,28,29). The Bertz CT molecular complexity index is 1150. The van der Waals surface area contributed by atoms with Crippen molar-refractivity contribution in [3.05, 3.63) is 38.5 Å². The third-order valence-electron chi connectivity index (χ3n) is 5.15. The van der Waals surface area contributed by atoms with Crippen LogP contribution in [0, 0.1) is 6.92 Å². The first-order valence-electron chi connectivity index (χ1n) is 10.0. The van der Waals surface area contributed by atoms with Crippen LogP contribution in [0.15, 0.2) is 21.7 Å². The maximum Gasteiger partial charge on any atom is 0.349 e. The fourth-order valence-electron chi connectivity index (χ4n) is 3.64. The van der Waals surface area contributed by atoms with Gasteiger partial charge in [-0.25, -0.2) is 9.78 Å². The monoisotopic (exact) mass is 413 g/mol. The van der Waals surface area contributed by atoms with Crippen LogP contribution < -0.4 is 16.1 Å². The molecule has 0 saturated heterocycles. The Morgan fingerprint density at radius 3 is 2.57 bits per heavy atom. The highest BCUT2D eigenvalue weighted by molar-refractivity contribution is 5.84. The highest BCUT2D eigenvalue weighted by atomic mass is 16.5. The fraction of sp³-hybridized carbons (Fsp3) is 0.476. The lowest BCUT2D eigenvalue weighted by molar-refractivity contribution is -0.140. The summed E-state index contributed by atoms with van der Waals surface area (Å²) >= 11 is 0. The van der Waals surface area contributed by atoms with Crippen LogP contribution in [0.4, 0.5) is 5.69 Å². The number of unbranched alkanes of at least 4 members (excludes halogenated alkanes) is 3. The number of benzene rings is 1. The molecule has 0 amide bonds. The Morgan fingerprint density at radius 1 is 1.13 bits per heavy atom. The van der Waals surface area contributed by atoms with Crippen molar-refractivity contribution in [1.82, 2.24) is 19.5 Å². The summed E-state index contributed by atoms with van der Waals surface area (Å²) in [5.74, 6) is 0.0906. The molecule has 160 valence electrons. The lowest BCUT2D eigenvalue weighted by Gasteiger charge is -2.21. The second-order valence-corrected chi connectivity index (χ2v) is 7.57. The zero-order chi connectivity index (χ0) is 21.8. The molecule has 0 fully saturated rings. The number of aryl methyl sites for hydroxylation is 2. The molecule has 0 saturated carbocycles. The van der Waals surface area contributed by atoms with E-state index in [-0.39, 0.29) is 11.7 Å². The lowest BCUT2D eigenvalue weighted by Crippen LogP contribution is -2.29. The number of aromatic nitrogens is 4. The summed E-state index contributed by atoms with van der Waals surface area (Å²) in [5.41, 5.74) is 2.52. The molecule has 2 aliphatic rings. The Kier molecular flexibility index (Phi) is 6.49. The highest BCUT2D eigenvalue weighted by Crippen LogP contribution is 2.28. The molecule has 0 radical (unpaired) electrons. The van der Waals surface area contributed by atoms with Crippen molar-refractivity contribution in [3.8, 4) is 11.5 Å². The minimum absolute atomic E-state index is 0.157. The molecule has 0 aliphatic carbocycles. The number of carbonyl (C=O) groups is 1. The van der Waals surface area contributed by atoms with Crippen LogP contribution in [0.1, 0.15) is 37.7 Å². The summed E-state index contributed by atoms with van der Waals surface area (Å²) in [6.45, 7) is 2.58. The molecule has 2 aliphatic heterocycles. The number of nitrogens with zero attached hydrogens (tertiary/aromatic N) is 4. The molecule has 0 bridgehead atoms. The zero-order valence-corrected chi connectivity index (χ0v) is 17.8. The Morgan fingerprint density at radius 2 is 1.87 bits per heavy atom. The van der Waals surface area contributed by atoms with Crippen molar-refractivity contribution in [2.75, 3.05) is 26.1 Å². The van der Waals surface area contributed by atoms with Crippen LogP contribution in [-0.2, 0) is 16.1 Å². The maximum absolute atomic E-state index is 12.3. The predicted molar refractivity (Wildman–Crippen MR) is 115 cm³/mol. The number of rotatable bonds is 8. The molecular formula is C21H27N5O4. The van der Waals surface area contributed by atoms with Gasteiger partial charge in [-0.15, -0.1) is 0 Å². The van der Waals surface area contributed by atoms with E-state index in [2.05, 4.69) is 19.7 Å².